The molecule has 5 heteroatoms. The lowest BCUT2D eigenvalue weighted by atomic mass is 9.89. The molecule has 1 saturated heterocycles. The summed E-state index contributed by atoms with van der Waals surface area (Å²) in [4.78, 5) is 12.0. The van der Waals surface area contributed by atoms with Crippen molar-refractivity contribution in [3.05, 3.63) is 11.9 Å². The van der Waals surface area contributed by atoms with Crippen LogP contribution in [0.15, 0.2) is 6.20 Å². The molecule has 1 aromatic rings. The van der Waals surface area contributed by atoms with Gasteiger partial charge in [0.2, 0.25) is 0 Å². The second kappa shape index (κ2) is 4.56. The van der Waals surface area contributed by atoms with Crippen LogP contribution in [0.25, 0.3) is 0 Å². The van der Waals surface area contributed by atoms with Gasteiger partial charge in [-0.05, 0) is 25.9 Å². The van der Waals surface area contributed by atoms with Crippen molar-refractivity contribution < 1.29 is 4.79 Å². The second-order valence-corrected chi connectivity index (χ2v) is 5.64. The summed E-state index contributed by atoms with van der Waals surface area (Å²) < 4.78 is 1.85. The second-order valence-electron chi connectivity index (χ2n) is 5.64. The molecule has 0 aliphatic carbocycles. The maximum absolute atomic E-state index is 12.0. The molecule has 1 aromatic heterocycles. The molecular formula is C12H20N4O. The summed E-state index contributed by atoms with van der Waals surface area (Å²) in [6, 6.07) is 0.380. The maximum atomic E-state index is 12.0. The molecule has 5 nitrogen and oxygen atoms in total. The molecule has 2 heterocycles. The first-order chi connectivity index (χ1) is 7.98. The Bertz CT molecular complexity index is 399. The zero-order chi connectivity index (χ0) is 12.5. The average molecular weight is 236 g/mol. The lowest BCUT2D eigenvalue weighted by Crippen LogP contribution is -2.29. The first kappa shape index (κ1) is 12.2. The number of ketones is 1. The molecule has 17 heavy (non-hydrogen) atoms. The van der Waals surface area contributed by atoms with E-state index in [4.69, 9.17) is 0 Å². The number of hydrogen-bond donors (Lipinski definition) is 1. The molecule has 0 aromatic carbocycles. The fourth-order valence-electron chi connectivity index (χ4n) is 2.01. The van der Waals surface area contributed by atoms with Gasteiger partial charge < -0.3 is 5.32 Å². The van der Waals surface area contributed by atoms with Crippen molar-refractivity contribution in [2.24, 2.45) is 5.41 Å². The molecule has 1 aliphatic rings. The topological polar surface area (TPSA) is 59.8 Å². The van der Waals surface area contributed by atoms with Gasteiger partial charge in [-0.2, -0.15) is 0 Å². The smallest absolute Gasteiger partial charge is 0.190 e. The summed E-state index contributed by atoms with van der Waals surface area (Å²) >= 11 is 0. The van der Waals surface area contributed by atoms with E-state index in [1.165, 1.54) is 0 Å². The standard InChI is InChI=1S/C12H20N4O/c1-12(2,3)11(17)10-8-16(15-14-10)9-4-6-13-7-5-9/h8-9,13H,4-7H2,1-3H3. The van der Waals surface area contributed by atoms with E-state index in [1.807, 2.05) is 25.5 Å². The highest BCUT2D eigenvalue weighted by atomic mass is 16.1. The minimum atomic E-state index is -0.394. The lowest BCUT2D eigenvalue weighted by Gasteiger charge is -2.22. The molecule has 2 rings (SSSR count). The fourth-order valence-corrected chi connectivity index (χ4v) is 2.01. The van der Waals surface area contributed by atoms with Gasteiger partial charge >= 0.3 is 0 Å². The van der Waals surface area contributed by atoms with E-state index < -0.39 is 5.41 Å². The quantitative estimate of drug-likeness (QED) is 0.789. The molecule has 1 aliphatic heterocycles. The Balaban J connectivity index is 2.12. The van der Waals surface area contributed by atoms with Gasteiger partial charge in [0, 0.05) is 5.41 Å². The van der Waals surface area contributed by atoms with Crippen LogP contribution in [0.3, 0.4) is 0 Å². The van der Waals surface area contributed by atoms with Crippen molar-refractivity contribution in [2.75, 3.05) is 13.1 Å². The first-order valence-corrected chi connectivity index (χ1v) is 6.16. The van der Waals surface area contributed by atoms with Crippen molar-refractivity contribution in [3.63, 3.8) is 0 Å². The van der Waals surface area contributed by atoms with Crippen LogP contribution in [0.1, 0.15) is 50.1 Å². The Morgan fingerprint density at radius 3 is 2.65 bits per heavy atom. The number of hydrogen-bond acceptors (Lipinski definition) is 4. The minimum Gasteiger partial charge on any atom is -0.317 e. The van der Waals surface area contributed by atoms with Crippen molar-refractivity contribution >= 4 is 5.78 Å². The van der Waals surface area contributed by atoms with Crippen molar-refractivity contribution in [2.45, 2.75) is 39.7 Å². The van der Waals surface area contributed by atoms with Crippen LogP contribution in [0.2, 0.25) is 0 Å². The Morgan fingerprint density at radius 2 is 2.06 bits per heavy atom. The Labute approximate surface area is 102 Å². The first-order valence-electron chi connectivity index (χ1n) is 6.16. The summed E-state index contributed by atoms with van der Waals surface area (Å²) in [7, 11) is 0. The molecule has 0 atom stereocenters. The molecule has 1 N–H and O–H groups in total. The van der Waals surface area contributed by atoms with E-state index in [-0.39, 0.29) is 5.78 Å². The van der Waals surface area contributed by atoms with E-state index >= 15 is 0 Å². The molecule has 94 valence electrons. The Kier molecular flexibility index (Phi) is 3.28. The summed E-state index contributed by atoms with van der Waals surface area (Å²) in [5, 5.41) is 11.4. The van der Waals surface area contributed by atoms with Gasteiger partial charge in [-0.15, -0.1) is 5.10 Å². The van der Waals surface area contributed by atoms with Gasteiger partial charge in [-0.1, -0.05) is 26.0 Å². The molecule has 0 spiro atoms. The molecule has 0 unspecified atom stereocenters. The predicted molar refractivity (Wildman–Crippen MR) is 64.9 cm³/mol. The Morgan fingerprint density at radius 1 is 1.41 bits per heavy atom. The number of rotatable bonds is 2. The summed E-state index contributed by atoms with van der Waals surface area (Å²) in [6.07, 6.45) is 3.89. The third-order valence-corrected chi connectivity index (χ3v) is 3.11. The van der Waals surface area contributed by atoms with Gasteiger partial charge in [0.05, 0.1) is 12.2 Å². The lowest BCUT2D eigenvalue weighted by molar-refractivity contribution is 0.0853. The molecule has 0 amide bonds. The van der Waals surface area contributed by atoms with Crippen LogP contribution >= 0.6 is 0 Å². The average Bonchev–Trinajstić information content (AvgIpc) is 2.77. The minimum absolute atomic E-state index is 0.0534. The van der Waals surface area contributed by atoms with Crippen LogP contribution < -0.4 is 5.32 Å². The molecule has 1 fully saturated rings. The zero-order valence-corrected chi connectivity index (χ0v) is 10.7. The monoisotopic (exact) mass is 236 g/mol. The molecular weight excluding hydrogens is 216 g/mol. The fraction of sp³-hybridized carbons (Fsp3) is 0.750. The van der Waals surface area contributed by atoms with Crippen molar-refractivity contribution in [1.29, 1.82) is 0 Å². The van der Waals surface area contributed by atoms with Crippen LogP contribution in [0, 0.1) is 5.41 Å². The van der Waals surface area contributed by atoms with Crippen molar-refractivity contribution in [3.8, 4) is 0 Å². The SMILES string of the molecule is CC(C)(C)C(=O)c1cn(C2CCNCC2)nn1. The number of nitrogens with zero attached hydrogens (tertiary/aromatic N) is 3. The summed E-state index contributed by atoms with van der Waals surface area (Å²) in [5.41, 5.74) is 0.0886. The zero-order valence-electron chi connectivity index (χ0n) is 10.7. The normalized spacial score (nSPS) is 18.3. The number of Topliss-reactive ketones (excluding diaryl/α,β-unsaturated/α-hetero) is 1. The van der Waals surface area contributed by atoms with E-state index in [0.717, 1.165) is 25.9 Å². The van der Waals surface area contributed by atoms with Crippen molar-refractivity contribution in [1.82, 2.24) is 20.3 Å². The third-order valence-electron chi connectivity index (χ3n) is 3.11. The molecule has 0 saturated carbocycles. The highest BCUT2D eigenvalue weighted by Gasteiger charge is 2.26. The Hall–Kier alpha value is -1.23. The van der Waals surface area contributed by atoms with Gasteiger partial charge in [0.25, 0.3) is 0 Å². The molecule has 0 bridgehead atoms. The van der Waals surface area contributed by atoms with Gasteiger partial charge in [0.15, 0.2) is 5.78 Å². The van der Waals surface area contributed by atoms with E-state index in [0.29, 0.717) is 11.7 Å². The third kappa shape index (κ3) is 2.72. The summed E-state index contributed by atoms with van der Waals surface area (Å²) in [5.74, 6) is 0.0534. The van der Waals surface area contributed by atoms with Crippen LogP contribution in [-0.2, 0) is 0 Å². The van der Waals surface area contributed by atoms with Crippen LogP contribution in [0.5, 0.6) is 0 Å². The van der Waals surface area contributed by atoms with E-state index in [1.54, 1.807) is 6.20 Å². The summed E-state index contributed by atoms with van der Waals surface area (Å²) in [6.45, 7) is 7.72. The van der Waals surface area contributed by atoms with Gasteiger partial charge in [0.1, 0.15) is 5.69 Å². The number of carbonyl (C=O) groups excluding carboxylic acids is 1. The number of aromatic nitrogens is 3. The highest BCUT2D eigenvalue weighted by molar-refractivity contribution is 5.97. The van der Waals surface area contributed by atoms with Crippen LogP contribution in [0.4, 0.5) is 0 Å². The number of nitrogens with one attached hydrogen (secondary N) is 1. The van der Waals surface area contributed by atoms with E-state index in [9.17, 15) is 4.79 Å². The largest absolute Gasteiger partial charge is 0.317 e. The molecule has 0 radical (unpaired) electrons. The number of piperidine rings is 1. The van der Waals surface area contributed by atoms with Gasteiger partial charge in [-0.3, -0.25) is 4.79 Å². The van der Waals surface area contributed by atoms with E-state index in [2.05, 4.69) is 15.6 Å². The predicted octanol–water partition coefficient (Wildman–Crippen LogP) is 1.43. The van der Waals surface area contributed by atoms with Crippen LogP contribution in [-0.4, -0.2) is 33.9 Å². The van der Waals surface area contributed by atoms with Gasteiger partial charge in [-0.25, -0.2) is 4.68 Å². The highest BCUT2D eigenvalue weighted by Crippen LogP contribution is 2.21. The maximum Gasteiger partial charge on any atom is 0.190 e. The number of carbonyl (C=O) groups is 1.